The van der Waals surface area contributed by atoms with Gasteiger partial charge in [-0.3, -0.25) is 9.59 Å². The van der Waals surface area contributed by atoms with Crippen molar-refractivity contribution in [3.05, 3.63) is 85.1 Å². The number of rotatable bonds is 75. The van der Waals surface area contributed by atoms with Crippen LogP contribution in [0.4, 0.5) is 0 Å². The second-order valence-electron chi connectivity index (χ2n) is 27.1. The van der Waals surface area contributed by atoms with Crippen molar-refractivity contribution in [1.29, 1.82) is 0 Å². The smallest absolute Gasteiger partial charge is 0.306 e. The molecule has 0 spiro atoms. The highest BCUT2D eigenvalue weighted by molar-refractivity contribution is 5.70. The lowest BCUT2D eigenvalue weighted by Crippen LogP contribution is -2.28. The molecule has 0 aliphatic carbocycles. The SMILES string of the molecule is CC/C=C\C/C=C\C/C=C\C/C=C\C/C=C\C/C=C\CCCCCCCCCCCCCCCCCCC(=O)OC(CO)COC(=O)CCCCCCCCCCCCCCCCCCCCCCCCCCCCCCC/C=C\CCCCCCCCCC. The maximum Gasteiger partial charge on any atom is 0.306 e. The second-order valence-corrected chi connectivity index (χ2v) is 27.1. The molecule has 0 saturated heterocycles. The molecule has 0 aromatic rings. The first-order chi connectivity index (χ1) is 44.6. The second kappa shape index (κ2) is 80.3. The Hall–Kier alpha value is -2.92. The van der Waals surface area contributed by atoms with Gasteiger partial charge >= 0.3 is 11.9 Å². The van der Waals surface area contributed by atoms with E-state index < -0.39 is 6.10 Å². The van der Waals surface area contributed by atoms with Crippen LogP contribution >= 0.6 is 0 Å². The van der Waals surface area contributed by atoms with Crippen molar-refractivity contribution in [1.82, 2.24) is 0 Å². The van der Waals surface area contributed by atoms with E-state index in [0.717, 1.165) is 77.0 Å². The van der Waals surface area contributed by atoms with Crippen LogP contribution in [-0.4, -0.2) is 36.4 Å². The van der Waals surface area contributed by atoms with Crippen molar-refractivity contribution in [3.8, 4) is 0 Å². The molecule has 0 radical (unpaired) electrons. The van der Waals surface area contributed by atoms with Crippen LogP contribution in [0.25, 0.3) is 0 Å². The van der Waals surface area contributed by atoms with Gasteiger partial charge in [-0.05, 0) is 89.9 Å². The molecule has 0 aliphatic heterocycles. The summed E-state index contributed by atoms with van der Waals surface area (Å²) in [6, 6.07) is 0. The molecule has 5 heteroatoms. The van der Waals surface area contributed by atoms with Crippen LogP contribution in [0.2, 0.25) is 0 Å². The minimum absolute atomic E-state index is 0.0626. The molecule has 0 heterocycles. The number of hydrogen-bond donors (Lipinski definition) is 1. The van der Waals surface area contributed by atoms with Crippen molar-refractivity contribution >= 4 is 11.9 Å². The van der Waals surface area contributed by atoms with Gasteiger partial charge in [0.05, 0.1) is 6.61 Å². The molecule has 1 atom stereocenters. The number of allylic oxidation sites excluding steroid dienone is 14. The van der Waals surface area contributed by atoms with Gasteiger partial charge in [-0.2, -0.15) is 0 Å². The van der Waals surface area contributed by atoms with Crippen LogP contribution in [-0.2, 0) is 19.1 Å². The summed E-state index contributed by atoms with van der Waals surface area (Å²) in [7, 11) is 0. The van der Waals surface area contributed by atoms with E-state index in [4.69, 9.17) is 9.47 Å². The molecular weight excluding hydrogens is 1100 g/mol. The quantitative estimate of drug-likeness (QED) is 0.0373. The lowest BCUT2D eigenvalue weighted by Gasteiger charge is -2.15. The van der Waals surface area contributed by atoms with Crippen molar-refractivity contribution in [2.45, 2.75) is 431 Å². The fraction of sp³-hybridized carbons (Fsp3) is 0.812. The lowest BCUT2D eigenvalue weighted by atomic mass is 10.0. The van der Waals surface area contributed by atoms with Gasteiger partial charge in [0.1, 0.15) is 6.61 Å². The molecule has 0 aromatic carbocycles. The van der Waals surface area contributed by atoms with Gasteiger partial charge in [0.25, 0.3) is 0 Å². The third-order valence-electron chi connectivity index (χ3n) is 18.2. The highest BCUT2D eigenvalue weighted by Crippen LogP contribution is 2.20. The Kier molecular flexibility index (Phi) is 77.7. The Morgan fingerprint density at radius 3 is 0.733 bits per heavy atom. The molecule has 0 bridgehead atoms. The fourth-order valence-corrected chi connectivity index (χ4v) is 12.2. The molecule has 524 valence electrons. The van der Waals surface area contributed by atoms with E-state index >= 15 is 0 Å². The minimum atomic E-state index is -0.775. The molecule has 0 aliphatic rings. The number of ether oxygens (including phenoxy) is 2. The average molecular weight is 1260 g/mol. The summed E-state index contributed by atoms with van der Waals surface area (Å²) in [6.07, 6.45) is 114. The number of carbonyl (C=O) groups is 2. The summed E-state index contributed by atoms with van der Waals surface area (Å²) in [5, 5.41) is 9.73. The van der Waals surface area contributed by atoms with Gasteiger partial charge in [-0.1, -0.05) is 407 Å². The lowest BCUT2D eigenvalue weighted by molar-refractivity contribution is -0.161. The van der Waals surface area contributed by atoms with E-state index in [1.54, 1.807) is 0 Å². The first kappa shape index (κ1) is 87.1. The Bertz CT molecular complexity index is 1620. The maximum atomic E-state index is 12.4. The van der Waals surface area contributed by atoms with Crippen molar-refractivity contribution in [2.75, 3.05) is 13.2 Å². The number of aliphatic hydroxyl groups is 1. The number of aliphatic hydroxyl groups excluding tert-OH is 1. The van der Waals surface area contributed by atoms with Gasteiger partial charge < -0.3 is 14.6 Å². The zero-order valence-corrected chi connectivity index (χ0v) is 60.4. The van der Waals surface area contributed by atoms with Gasteiger partial charge in [0, 0.05) is 12.8 Å². The normalized spacial score (nSPS) is 12.6. The molecule has 0 rings (SSSR count). The van der Waals surface area contributed by atoms with Crippen LogP contribution in [0.5, 0.6) is 0 Å². The van der Waals surface area contributed by atoms with Gasteiger partial charge in [0.2, 0.25) is 0 Å². The topological polar surface area (TPSA) is 72.8 Å². The van der Waals surface area contributed by atoms with Gasteiger partial charge in [-0.15, -0.1) is 0 Å². The minimum Gasteiger partial charge on any atom is -0.462 e. The van der Waals surface area contributed by atoms with E-state index in [9.17, 15) is 14.7 Å². The third kappa shape index (κ3) is 77.5. The van der Waals surface area contributed by atoms with E-state index in [2.05, 4.69) is 98.9 Å². The highest BCUT2D eigenvalue weighted by atomic mass is 16.6. The number of carbonyl (C=O) groups excluding carboxylic acids is 2. The zero-order valence-electron chi connectivity index (χ0n) is 60.4. The Balaban J connectivity index is 3.39. The van der Waals surface area contributed by atoms with E-state index in [1.807, 2.05) is 0 Å². The van der Waals surface area contributed by atoms with Gasteiger partial charge in [0.15, 0.2) is 6.10 Å². The molecule has 90 heavy (non-hydrogen) atoms. The first-order valence-corrected chi connectivity index (χ1v) is 40.1. The zero-order chi connectivity index (χ0) is 64.7. The van der Waals surface area contributed by atoms with Crippen molar-refractivity contribution in [3.63, 3.8) is 0 Å². The summed E-state index contributed by atoms with van der Waals surface area (Å²) in [5.74, 6) is -0.570. The first-order valence-electron chi connectivity index (χ1n) is 40.1. The summed E-state index contributed by atoms with van der Waals surface area (Å²) < 4.78 is 10.8. The summed E-state index contributed by atoms with van der Waals surface area (Å²) in [5.41, 5.74) is 0. The van der Waals surface area contributed by atoms with Crippen LogP contribution in [0.3, 0.4) is 0 Å². The molecule has 1 unspecified atom stereocenters. The Morgan fingerprint density at radius 1 is 0.267 bits per heavy atom. The van der Waals surface area contributed by atoms with Crippen molar-refractivity contribution in [2.24, 2.45) is 0 Å². The average Bonchev–Trinajstić information content (AvgIpc) is 3.58. The monoisotopic (exact) mass is 1260 g/mol. The molecule has 0 aromatic heterocycles. The predicted octanol–water partition coefficient (Wildman–Crippen LogP) is 28.3. The standard InChI is InChI=1S/C85H154O5/c1-3-5-7-9-11-13-15-17-19-21-23-25-27-29-31-33-35-37-39-40-41-42-43-44-46-47-49-51-53-55-57-59-61-63-65-67-69-71-73-75-77-79-84(87)89-82-83(81-86)90-85(88)80-78-76-74-72-70-68-66-64-62-60-58-56-54-52-50-48-45-38-36-34-32-30-28-26-24-22-20-18-16-14-12-10-8-6-4-2/h6,8,12,14,18,20-21,23-24,26,30,32,36,38,83,86H,3-5,7,9-11,13,15-17,19,22,25,27-29,31,33-35,37,39-82H2,1-2H3/b8-6-,14-12-,20-18-,23-21-,26-24-,32-30-,38-36-. The van der Waals surface area contributed by atoms with Crippen LogP contribution < -0.4 is 0 Å². The summed E-state index contributed by atoms with van der Waals surface area (Å²) >= 11 is 0. The predicted molar refractivity (Wildman–Crippen MR) is 399 cm³/mol. The van der Waals surface area contributed by atoms with Gasteiger partial charge in [-0.25, -0.2) is 0 Å². The molecular formula is C85H154O5. The number of esters is 2. The van der Waals surface area contributed by atoms with E-state index in [1.165, 1.54) is 321 Å². The molecule has 5 nitrogen and oxygen atoms in total. The molecule has 0 fully saturated rings. The fourth-order valence-electron chi connectivity index (χ4n) is 12.2. The number of hydrogen-bond acceptors (Lipinski definition) is 5. The molecule has 0 amide bonds. The maximum absolute atomic E-state index is 12.4. The largest absolute Gasteiger partial charge is 0.462 e. The number of unbranched alkanes of at least 4 members (excludes halogenated alkanes) is 53. The Morgan fingerprint density at radius 2 is 0.478 bits per heavy atom. The summed E-state index contributed by atoms with van der Waals surface area (Å²) in [6.45, 7) is 4.08. The van der Waals surface area contributed by atoms with E-state index in [-0.39, 0.29) is 25.2 Å². The van der Waals surface area contributed by atoms with Crippen LogP contribution in [0, 0.1) is 0 Å². The van der Waals surface area contributed by atoms with E-state index in [0.29, 0.717) is 12.8 Å². The Labute approximate surface area is 562 Å². The van der Waals surface area contributed by atoms with Crippen LogP contribution in [0.1, 0.15) is 425 Å². The summed E-state index contributed by atoms with van der Waals surface area (Å²) in [4.78, 5) is 24.7. The third-order valence-corrected chi connectivity index (χ3v) is 18.2. The molecule has 1 N–H and O–H groups in total. The highest BCUT2D eigenvalue weighted by Gasteiger charge is 2.16. The molecule has 0 saturated carbocycles. The van der Waals surface area contributed by atoms with Crippen LogP contribution in [0.15, 0.2) is 85.1 Å². The van der Waals surface area contributed by atoms with Crippen molar-refractivity contribution < 1.29 is 24.2 Å².